The van der Waals surface area contributed by atoms with Crippen LogP contribution >= 0.6 is 15.9 Å². The Kier molecular flexibility index (Phi) is 5.04. The van der Waals surface area contributed by atoms with Gasteiger partial charge >= 0.3 is 0 Å². The first-order valence-corrected chi connectivity index (χ1v) is 5.57. The Morgan fingerprint density at radius 1 is 1.21 bits per heavy atom. The molecule has 0 saturated heterocycles. The van der Waals surface area contributed by atoms with Gasteiger partial charge in [-0.05, 0) is 25.1 Å². The zero-order valence-corrected chi connectivity index (χ0v) is 9.28. The molecule has 0 fully saturated rings. The summed E-state index contributed by atoms with van der Waals surface area (Å²) in [6, 6.07) is 3.90. The Bertz CT molecular complexity index is 271. The minimum Gasteiger partial charge on any atom is -0.312 e. The van der Waals surface area contributed by atoms with Gasteiger partial charge < -0.3 is 5.32 Å². The average molecular weight is 264 g/mol. The molecule has 0 aliphatic carbocycles. The number of alkyl halides is 1. The van der Waals surface area contributed by atoms with E-state index in [1.165, 1.54) is 18.2 Å². The molecular formula is C10H12BrF2N. The maximum atomic E-state index is 13.1. The molecule has 0 atom stereocenters. The topological polar surface area (TPSA) is 12.0 Å². The molecule has 1 N–H and O–H groups in total. The standard InChI is InChI=1S/C10H12BrF2N/c11-5-2-6-14-7-8-9(12)3-1-4-10(8)13/h1,3-4,14H,2,5-7H2. The number of benzene rings is 1. The average Bonchev–Trinajstić information content (AvgIpc) is 2.16. The second-order valence-electron chi connectivity index (χ2n) is 2.92. The summed E-state index contributed by atoms with van der Waals surface area (Å²) in [5.74, 6) is -0.979. The zero-order chi connectivity index (χ0) is 10.4. The number of hydrogen-bond donors (Lipinski definition) is 1. The third-order valence-corrected chi connectivity index (χ3v) is 2.41. The zero-order valence-electron chi connectivity index (χ0n) is 7.69. The van der Waals surface area contributed by atoms with Crippen molar-refractivity contribution in [3.8, 4) is 0 Å². The van der Waals surface area contributed by atoms with E-state index in [4.69, 9.17) is 0 Å². The molecule has 1 aromatic rings. The van der Waals surface area contributed by atoms with E-state index in [1.807, 2.05) is 0 Å². The third-order valence-electron chi connectivity index (χ3n) is 1.85. The number of hydrogen-bond acceptors (Lipinski definition) is 1. The lowest BCUT2D eigenvalue weighted by atomic mass is 10.2. The SMILES string of the molecule is Fc1cccc(F)c1CNCCCBr. The molecule has 0 unspecified atom stereocenters. The molecule has 0 aliphatic heterocycles. The van der Waals surface area contributed by atoms with Crippen LogP contribution in [0.5, 0.6) is 0 Å². The summed E-state index contributed by atoms with van der Waals surface area (Å²) >= 11 is 3.28. The van der Waals surface area contributed by atoms with Crippen molar-refractivity contribution in [2.24, 2.45) is 0 Å². The van der Waals surface area contributed by atoms with Gasteiger partial charge in [-0.3, -0.25) is 0 Å². The Morgan fingerprint density at radius 2 is 1.86 bits per heavy atom. The van der Waals surface area contributed by atoms with Gasteiger partial charge in [0, 0.05) is 17.4 Å². The van der Waals surface area contributed by atoms with Crippen molar-refractivity contribution in [3.63, 3.8) is 0 Å². The summed E-state index contributed by atoms with van der Waals surface area (Å²) in [5, 5.41) is 3.86. The van der Waals surface area contributed by atoms with Crippen LogP contribution in [0.25, 0.3) is 0 Å². The van der Waals surface area contributed by atoms with Gasteiger partial charge in [-0.15, -0.1) is 0 Å². The number of halogens is 3. The fourth-order valence-electron chi connectivity index (χ4n) is 1.11. The van der Waals surface area contributed by atoms with Gasteiger partial charge in [0.15, 0.2) is 0 Å². The van der Waals surface area contributed by atoms with Gasteiger partial charge in [-0.25, -0.2) is 8.78 Å². The monoisotopic (exact) mass is 263 g/mol. The maximum Gasteiger partial charge on any atom is 0.130 e. The quantitative estimate of drug-likeness (QED) is 0.637. The minimum absolute atomic E-state index is 0.113. The number of nitrogens with one attached hydrogen (secondary N) is 1. The van der Waals surface area contributed by atoms with Crippen molar-refractivity contribution in [1.29, 1.82) is 0 Å². The summed E-state index contributed by atoms with van der Waals surface area (Å²) < 4.78 is 26.1. The Labute approximate surface area is 90.6 Å². The summed E-state index contributed by atoms with van der Waals surface area (Å²) in [6.07, 6.45) is 0.941. The fourth-order valence-corrected chi connectivity index (χ4v) is 1.39. The molecule has 14 heavy (non-hydrogen) atoms. The van der Waals surface area contributed by atoms with Gasteiger partial charge in [0.25, 0.3) is 0 Å². The molecule has 0 aromatic heterocycles. The lowest BCUT2D eigenvalue weighted by Gasteiger charge is -2.05. The van der Waals surface area contributed by atoms with Gasteiger partial charge in [0.2, 0.25) is 0 Å². The predicted molar refractivity (Wildman–Crippen MR) is 56.5 cm³/mol. The highest BCUT2D eigenvalue weighted by Crippen LogP contribution is 2.11. The van der Waals surface area contributed by atoms with Crippen LogP contribution in [0.2, 0.25) is 0 Å². The molecule has 1 aromatic carbocycles. The first-order valence-electron chi connectivity index (χ1n) is 4.45. The third kappa shape index (κ3) is 3.35. The van der Waals surface area contributed by atoms with E-state index in [0.717, 1.165) is 18.3 Å². The van der Waals surface area contributed by atoms with E-state index >= 15 is 0 Å². The van der Waals surface area contributed by atoms with E-state index in [0.29, 0.717) is 0 Å². The minimum atomic E-state index is -0.489. The fraction of sp³-hybridized carbons (Fsp3) is 0.400. The highest BCUT2D eigenvalue weighted by molar-refractivity contribution is 9.09. The molecule has 0 heterocycles. The van der Waals surface area contributed by atoms with Crippen LogP contribution in [-0.2, 0) is 6.54 Å². The van der Waals surface area contributed by atoms with E-state index in [9.17, 15) is 8.78 Å². The summed E-state index contributed by atoms with van der Waals surface area (Å²) in [4.78, 5) is 0. The van der Waals surface area contributed by atoms with Crippen LogP contribution in [0.3, 0.4) is 0 Å². The summed E-state index contributed by atoms with van der Waals surface area (Å²) in [6.45, 7) is 0.991. The number of rotatable bonds is 5. The Balaban J connectivity index is 2.49. The predicted octanol–water partition coefficient (Wildman–Crippen LogP) is 2.84. The molecule has 0 bridgehead atoms. The smallest absolute Gasteiger partial charge is 0.130 e. The molecule has 0 saturated carbocycles. The summed E-state index contributed by atoms with van der Waals surface area (Å²) in [7, 11) is 0. The van der Waals surface area contributed by atoms with E-state index < -0.39 is 11.6 Å². The molecule has 0 aliphatic rings. The van der Waals surface area contributed by atoms with E-state index in [-0.39, 0.29) is 12.1 Å². The lowest BCUT2D eigenvalue weighted by Crippen LogP contribution is -2.17. The van der Waals surface area contributed by atoms with Gasteiger partial charge in [-0.1, -0.05) is 22.0 Å². The van der Waals surface area contributed by atoms with Crippen molar-refractivity contribution < 1.29 is 8.78 Å². The first-order chi connectivity index (χ1) is 6.75. The molecule has 4 heteroatoms. The van der Waals surface area contributed by atoms with Gasteiger partial charge in [-0.2, -0.15) is 0 Å². The lowest BCUT2D eigenvalue weighted by molar-refractivity contribution is 0.535. The van der Waals surface area contributed by atoms with E-state index in [2.05, 4.69) is 21.2 Å². The van der Waals surface area contributed by atoms with Crippen molar-refractivity contribution in [2.75, 3.05) is 11.9 Å². The van der Waals surface area contributed by atoms with Crippen LogP contribution in [0, 0.1) is 11.6 Å². The molecular weight excluding hydrogens is 252 g/mol. The van der Waals surface area contributed by atoms with Gasteiger partial charge in [0.1, 0.15) is 11.6 Å². The Hall–Kier alpha value is -0.480. The normalized spacial score (nSPS) is 10.5. The van der Waals surface area contributed by atoms with Crippen molar-refractivity contribution in [2.45, 2.75) is 13.0 Å². The van der Waals surface area contributed by atoms with Crippen LogP contribution in [0.4, 0.5) is 8.78 Å². The highest BCUT2D eigenvalue weighted by Gasteiger charge is 2.06. The molecule has 78 valence electrons. The van der Waals surface area contributed by atoms with E-state index in [1.54, 1.807) is 0 Å². The summed E-state index contributed by atoms with van der Waals surface area (Å²) in [5.41, 5.74) is 0.113. The first kappa shape index (κ1) is 11.6. The van der Waals surface area contributed by atoms with Crippen molar-refractivity contribution in [1.82, 2.24) is 5.32 Å². The van der Waals surface area contributed by atoms with Crippen molar-refractivity contribution in [3.05, 3.63) is 35.4 Å². The largest absolute Gasteiger partial charge is 0.312 e. The second kappa shape index (κ2) is 6.09. The highest BCUT2D eigenvalue weighted by atomic mass is 79.9. The molecule has 0 spiro atoms. The molecule has 0 radical (unpaired) electrons. The van der Waals surface area contributed by atoms with Crippen LogP contribution in [-0.4, -0.2) is 11.9 Å². The van der Waals surface area contributed by atoms with Gasteiger partial charge in [0.05, 0.1) is 0 Å². The second-order valence-corrected chi connectivity index (χ2v) is 3.71. The molecule has 1 rings (SSSR count). The van der Waals surface area contributed by atoms with Crippen molar-refractivity contribution >= 4 is 15.9 Å². The Morgan fingerprint density at radius 3 is 2.43 bits per heavy atom. The molecule has 0 amide bonds. The van der Waals surface area contributed by atoms with Crippen LogP contribution in [0.1, 0.15) is 12.0 Å². The van der Waals surface area contributed by atoms with Crippen LogP contribution in [0.15, 0.2) is 18.2 Å². The molecule has 1 nitrogen and oxygen atoms in total. The van der Waals surface area contributed by atoms with Crippen LogP contribution < -0.4 is 5.32 Å². The maximum absolute atomic E-state index is 13.1.